The second-order valence-corrected chi connectivity index (χ2v) is 6.35. The van der Waals surface area contributed by atoms with Gasteiger partial charge in [0.25, 0.3) is 0 Å². The minimum absolute atomic E-state index is 0. The van der Waals surface area contributed by atoms with Gasteiger partial charge in [0.15, 0.2) is 0 Å². The first-order valence-electron chi connectivity index (χ1n) is 6.50. The molecule has 0 saturated heterocycles. The van der Waals surface area contributed by atoms with Gasteiger partial charge >= 0.3 is 0 Å². The van der Waals surface area contributed by atoms with Gasteiger partial charge < -0.3 is 11.1 Å². The molecule has 1 atom stereocenters. The summed E-state index contributed by atoms with van der Waals surface area (Å²) in [7, 11) is 0. The third-order valence-electron chi connectivity index (χ3n) is 2.91. The van der Waals surface area contributed by atoms with E-state index in [0.717, 1.165) is 24.2 Å². The highest BCUT2D eigenvalue weighted by molar-refractivity contribution is 7.98. The summed E-state index contributed by atoms with van der Waals surface area (Å²) < 4.78 is 0. The summed E-state index contributed by atoms with van der Waals surface area (Å²) in [6.45, 7) is 0.602. The zero-order chi connectivity index (χ0) is 15.0. The third-order valence-corrected chi connectivity index (χ3v) is 4.14. The molecule has 0 aliphatic carbocycles. The molecule has 1 amide bonds. The second kappa shape index (κ2) is 11.4. The van der Waals surface area contributed by atoms with Crippen LogP contribution in [0, 0.1) is 0 Å². The summed E-state index contributed by atoms with van der Waals surface area (Å²) in [5.74, 6) is 0.816. The van der Waals surface area contributed by atoms with Crippen molar-refractivity contribution >= 4 is 53.3 Å². The lowest BCUT2D eigenvalue weighted by Crippen LogP contribution is -2.41. The molecule has 0 heterocycles. The third kappa shape index (κ3) is 8.17. The lowest BCUT2D eigenvalue weighted by Gasteiger charge is -2.11. The molecule has 3 N–H and O–H groups in total. The minimum Gasteiger partial charge on any atom is -0.355 e. The highest BCUT2D eigenvalue weighted by atomic mass is 35.5. The number of nitrogens with two attached hydrogens (primary N) is 1. The average Bonchev–Trinajstić information content (AvgIpc) is 2.42. The fraction of sp³-hybridized carbons (Fsp3) is 0.500. The monoisotopic (exact) mass is 370 g/mol. The molecule has 1 rings (SSSR count). The summed E-state index contributed by atoms with van der Waals surface area (Å²) in [5.41, 5.74) is 6.82. The van der Waals surface area contributed by atoms with Crippen molar-refractivity contribution < 1.29 is 4.79 Å². The van der Waals surface area contributed by atoms with Crippen LogP contribution in [0.1, 0.15) is 18.4 Å². The van der Waals surface area contributed by atoms with Gasteiger partial charge in [-0.2, -0.15) is 11.8 Å². The summed E-state index contributed by atoms with van der Waals surface area (Å²) in [6.07, 6.45) is 4.33. The van der Waals surface area contributed by atoms with E-state index in [-0.39, 0.29) is 18.3 Å². The number of benzene rings is 1. The van der Waals surface area contributed by atoms with Gasteiger partial charge in [-0.3, -0.25) is 4.79 Å². The Balaban J connectivity index is 0.00000400. The number of carbonyl (C=O) groups is 1. The predicted octanol–water partition coefficient (Wildman–Crippen LogP) is 3.54. The summed E-state index contributed by atoms with van der Waals surface area (Å²) in [5, 5.41) is 4.15. The zero-order valence-electron chi connectivity index (χ0n) is 11.9. The quantitative estimate of drug-likeness (QED) is 0.687. The molecule has 0 unspecified atom stereocenters. The van der Waals surface area contributed by atoms with Crippen LogP contribution < -0.4 is 11.1 Å². The van der Waals surface area contributed by atoms with Crippen LogP contribution in [0.3, 0.4) is 0 Å². The molecule has 0 aliphatic rings. The van der Waals surface area contributed by atoms with E-state index >= 15 is 0 Å². The van der Waals surface area contributed by atoms with Gasteiger partial charge in [0, 0.05) is 16.6 Å². The fourth-order valence-electron chi connectivity index (χ4n) is 1.72. The van der Waals surface area contributed by atoms with Crippen LogP contribution >= 0.6 is 47.4 Å². The van der Waals surface area contributed by atoms with Crippen molar-refractivity contribution in [1.29, 1.82) is 0 Å². The van der Waals surface area contributed by atoms with Crippen LogP contribution in [-0.2, 0) is 11.2 Å². The van der Waals surface area contributed by atoms with E-state index in [9.17, 15) is 4.79 Å². The predicted molar refractivity (Wildman–Crippen MR) is 96.0 cm³/mol. The highest BCUT2D eigenvalue weighted by Gasteiger charge is 2.11. The number of thioether (sulfide) groups is 1. The number of hydrogen-bond donors (Lipinski definition) is 2. The maximum atomic E-state index is 11.7. The van der Waals surface area contributed by atoms with E-state index in [1.165, 1.54) is 0 Å². The Kier molecular flexibility index (Phi) is 11.4. The molecule has 7 heteroatoms. The first-order chi connectivity index (χ1) is 9.54. The van der Waals surface area contributed by atoms with Crippen molar-refractivity contribution in [2.24, 2.45) is 5.73 Å². The van der Waals surface area contributed by atoms with E-state index in [1.54, 1.807) is 17.8 Å². The van der Waals surface area contributed by atoms with E-state index < -0.39 is 6.04 Å². The summed E-state index contributed by atoms with van der Waals surface area (Å²) in [4.78, 5) is 11.7. The Hall–Kier alpha value is -0.130. The Morgan fingerprint density at radius 2 is 2.14 bits per heavy atom. The van der Waals surface area contributed by atoms with Crippen molar-refractivity contribution in [3.05, 3.63) is 33.8 Å². The number of halogens is 3. The number of carbonyl (C=O) groups excluding carboxylic acids is 1. The molecule has 1 aromatic carbocycles. The van der Waals surface area contributed by atoms with Gasteiger partial charge in [-0.15, -0.1) is 12.4 Å². The van der Waals surface area contributed by atoms with Crippen LogP contribution in [0.5, 0.6) is 0 Å². The molecule has 21 heavy (non-hydrogen) atoms. The molecule has 120 valence electrons. The summed E-state index contributed by atoms with van der Waals surface area (Å²) >= 11 is 13.6. The first-order valence-corrected chi connectivity index (χ1v) is 8.65. The SMILES string of the molecule is CSCC[C@H](N)C(=O)NCCCc1ccc(Cl)cc1Cl.Cl. The zero-order valence-corrected chi connectivity index (χ0v) is 15.0. The largest absolute Gasteiger partial charge is 0.355 e. The van der Waals surface area contributed by atoms with Crippen molar-refractivity contribution in [2.45, 2.75) is 25.3 Å². The molecule has 1 aromatic rings. The van der Waals surface area contributed by atoms with Crippen molar-refractivity contribution in [3.8, 4) is 0 Å². The van der Waals surface area contributed by atoms with Crippen molar-refractivity contribution in [3.63, 3.8) is 0 Å². The van der Waals surface area contributed by atoms with Gasteiger partial charge in [-0.1, -0.05) is 29.3 Å². The maximum Gasteiger partial charge on any atom is 0.236 e. The molecular weight excluding hydrogens is 351 g/mol. The first kappa shape index (κ1) is 20.9. The minimum atomic E-state index is -0.415. The normalized spacial score (nSPS) is 11.6. The van der Waals surface area contributed by atoms with Gasteiger partial charge in [0.05, 0.1) is 6.04 Å². The number of amides is 1. The molecular formula is C14H21Cl3N2OS. The van der Waals surface area contributed by atoms with Gasteiger partial charge in [-0.25, -0.2) is 0 Å². The molecule has 0 aliphatic heterocycles. The van der Waals surface area contributed by atoms with Crippen LogP contribution in [0.15, 0.2) is 18.2 Å². The Bertz CT molecular complexity index is 446. The number of hydrogen-bond acceptors (Lipinski definition) is 3. The highest BCUT2D eigenvalue weighted by Crippen LogP contribution is 2.21. The molecule has 3 nitrogen and oxygen atoms in total. The van der Waals surface area contributed by atoms with E-state index in [4.69, 9.17) is 28.9 Å². The topological polar surface area (TPSA) is 55.1 Å². The Morgan fingerprint density at radius 1 is 1.43 bits per heavy atom. The smallest absolute Gasteiger partial charge is 0.236 e. The van der Waals surface area contributed by atoms with Gasteiger partial charge in [0.1, 0.15) is 0 Å². The lowest BCUT2D eigenvalue weighted by molar-refractivity contribution is -0.122. The molecule has 0 bridgehead atoms. The molecule has 0 saturated carbocycles. The maximum absolute atomic E-state index is 11.7. The van der Waals surface area contributed by atoms with Crippen LogP contribution in [0.2, 0.25) is 10.0 Å². The van der Waals surface area contributed by atoms with Crippen molar-refractivity contribution in [1.82, 2.24) is 5.32 Å². The number of nitrogens with one attached hydrogen (secondary N) is 1. The van der Waals surface area contributed by atoms with E-state index in [1.807, 2.05) is 18.4 Å². The van der Waals surface area contributed by atoms with Crippen LogP contribution in [-0.4, -0.2) is 30.5 Å². The number of rotatable bonds is 8. The fourth-order valence-corrected chi connectivity index (χ4v) is 2.71. The van der Waals surface area contributed by atoms with E-state index in [0.29, 0.717) is 23.0 Å². The standard InChI is InChI=1S/C14H20Cl2N2OS.ClH/c1-20-8-6-13(17)14(19)18-7-2-3-10-4-5-11(15)9-12(10)16;/h4-5,9,13H,2-3,6-8,17H2,1H3,(H,18,19);1H/t13-;/m0./s1. The van der Waals surface area contributed by atoms with Gasteiger partial charge in [-0.05, 0) is 49.0 Å². The molecule has 0 aromatic heterocycles. The lowest BCUT2D eigenvalue weighted by atomic mass is 10.1. The van der Waals surface area contributed by atoms with Crippen LogP contribution in [0.4, 0.5) is 0 Å². The summed E-state index contributed by atoms with van der Waals surface area (Å²) in [6, 6.07) is 5.05. The number of aryl methyl sites for hydroxylation is 1. The Labute approximate surface area is 146 Å². The Morgan fingerprint density at radius 3 is 2.76 bits per heavy atom. The van der Waals surface area contributed by atoms with Gasteiger partial charge in [0.2, 0.25) is 5.91 Å². The van der Waals surface area contributed by atoms with E-state index in [2.05, 4.69) is 5.32 Å². The molecule has 0 spiro atoms. The molecule has 0 fully saturated rings. The average molecular weight is 372 g/mol. The molecule has 0 radical (unpaired) electrons. The van der Waals surface area contributed by atoms with Crippen LogP contribution in [0.25, 0.3) is 0 Å². The van der Waals surface area contributed by atoms with Crippen molar-refractivity contribution in [2.75, 3.05) is 18.6 Å². The second-order valence-electron chi connectivity index (χ2n) is 4.52.